The lowest BCUT2D eigenvalue weighted by Crippen LogP contribution is -2.53. The second-order valence-electron chi connectivity index (χ2n) is 8.88. The molecule has 4 rings (SSSR count). The first-order chi connectivity index (χ1) is 15.4. The van der Waals surface area contributed by atoms with Crippen molar-refractivity contribution >= 4 is 37.4 Å². The number of thiazole rings is 1. The van der Waals surface area contributed by atoms with E-state index in [2.05, 4.69) is 4.98 Å². The molecule has 10 heteroatoms. The summed E-state index contributed by atoms with van der Waals surface area (Å²) in [5.41, 5.74) is -0.263. The summed E-state index contributed by atoms with van der Waals surface area (Å²) in [5.74, 6) is -2.25. The van der Waals surface area contributed by atoms with E-state index in [1.54, 1.807) is 20.8 Å². The Labute approximate surface area is 194 Å². The molecule has 0 atom stereocenters. The molecular formula is C23H23F2NO5S2. The molecule has 33 heavy (non-hydrogen) atoms. The molecule has 0 radical (unpaired) electrons. The molecular weight excluding hydrogens is 472 g/mol. The number of carbonyl (C=O) groups excluding carboxylic acids is 1. The maximum absolute atomic E-state index is 14.2. The molecule has 0 bridgehead atoms. The average molecular weight is 496 g/mol. The smallest absolute Gasteiger partial charge is 0.328 e. The Morgan fingerprint density at radius 2 is 1.82 bits per heavy atom. The van der Waals surface area contributed by atoms with Crippen molar-refractivity contribution in [2.75, 3.05) is 13.2 Å². The SMILES string of the molecule is CC(C)(C)OC(=O)C1(S(=O)(=O)c2ccc3nc(-c4ccc(F)cc4F)sc3c2)CCOCC1. The Hall–Kier alpha value is -2.43. The zero-order chi connectivity index (χ0) is 24.0. The van der Waals surface area contributed by atoms with Crippen molar-refractivity contribution in [3.05, 3.63) is 48.0 Å². The van der Waals surface area contributed by atoms with Gasteiger partial charge in [-0.15, -0.1) is 11.3 Å². The number of aromatic nitrogens is 1. The number of esters is 1. The number of sulfone groups is 1. The van der Waals surface area contributed by atoms with E-state index in [0.29, 0.717) is 15.2 Å². The molecule has 0 amide bonds. The molecule has 1 aromatic heterocycles. The van der Waals surface area contributed by atoms with Crippen LogP contribution >= 0.6 is 11.3 Å². The van der Waals surface area contributed by atoms with E-state index in [4.69, 9.17) is 9.47 Å². The van der Waals surface area contributed by atoms with Gasteiger partial charge in [0.05, 0.1) is 15.1 Å². The number of rotatable bonds is 4. The van der Waals surface area contributed by atoms with Gasteiger partial charge in [-0.1, -0.05) is 0 Å². The van der Waals surface area contributed by atoms with E-state index < -0.39 is 37.8 Å². The van der Waals surface area contributed by atoms with Crippen LogP contribution in [0.1, 0.15) is 33.6 Å². The van der Waals surface area contributed by atoms with Crippen LogP contribution in [0.15, 0.2) is 41.3 Å². The molecule has 0 aliphatic carbocycles. The molecule has 1 aliphatic rings. The maximum Gasteiger partial charge on any atom is 0.328 e. The van der Waals surface area contributed by atoms with Gasteiger partial charge in [0, 0.05) is 37.7 Å². The summed E-state index contributed by atoms with van der Waals surface area (Å²) in [6, 6.07) is 7.55. The highest BCUT2D eigenvalue weighted by Gasteiger charge is 2.54. The molecule has 6 nitrogen and oxygen atoms in total. The van der Waals surface area contributed by atoms with Crippen molar-refractivity contribution in [1.29, 1.82) is 0 Å². The fourth-order valence-electron chi connectivity index (χ4n) is 3.73. The first-order valence-electron chi connectivity index (χ1n) is 10.3. The fraction of sp³-hybridized carbons (Fsp3) is 0.391. The summed E-state index contributed by atoms with van der Waals surface area (Å²) >= 11 is 1.09. The Kier molecular flexibility index (Phi) is 6.05. The Morgan fingerprint density at radius 3 is 2.45 bits per heavy atom. The van der Waals surface area contributed by atoms with Crippen LogP contribution in [0, 0.1) is 11.6 Å². The van der Waals surface area contributed by atoms with Gasteiger partial charge < -0.3 is 9.47 Å². The number of halogens is 2. The number of ether oxygens (including phenoxy) is 2. The van der Waals surface area contributed by atoms with E-state index in [9.17, 15) is 22.0 Å². The molecule has 0 N–H and O–H groups in total. The van der Waals surface area contributed by atoms with Gasteiger partial charge in [0.15, 0.2) is 14.6 Å². The van der Waals surface area contributed by atoms with Crippen LogP contribution in [0.3, 0.4) is 0 Å². The molecule has 3 aromatic rings. The first-order valence-corrected chi connectivity index (χ1v) is 12.6. The van der Waals surface area contributed by atoms with Crippen LogP contribution in [0.2, 0.25) is 0 Å². The number of benzene rings is 2. The van der Waals surface area contributed by atoms with Gasteiger partial charge in [-0.3, -0.25) is 4.79 Å². The Bertz CT molecular complexity index is 1320. The minimum atomic E-state index is -4.16. The molecule has 1 fully saturated rings. The Morgan fingerprint density at radius 1 is 1.12 bits per heavy atom. The largest absolute Gasteiger partial charge is 0.459 e. The third-order valence-corrected chi connectivity index (χ3v) is 8.95. The lowest BCUT2D eigenvalue weighted by molar-refractivity contribution is -0.160. The third kappa shape index (κ3) is 4.39. The van der Waals surface area contributed by atoms with Crippen molar-refractivity contribution in [2.45, 2.75) is 48.9 Å². The molecule has 1 saturated heterocycles. The van der Waals surface area contributed by atoms with Crippen molar-refractivity contribution in [3.63, 3.8) is 0 Å². The van der Waals surface area contributed by atoms with Crippen molar-refractivity contribution in [3.8, 4) is 10.6 Å². The zero-order valence-corrected chi connectivity index (χ0v) is 20.0. The van der Waals surface area contributed by atoms with Crippen LogP contribution < -0.4 is 0 Å². The number of nitrogens with zero attached hydrogens (tertiary/aromatic N) is 1. The number of carbonyl (C=O) groups is 1. The van der Waals surface area contributed by atoms with E-state index in [1.165, 1.54) is 24.3 Å². The second-order valence-corrected chi connectivity index (χ2v) is 12.2. The monoisotopic (exact) mass is 495 g/mol. The summed E-state index contributed by atoms with van der Waals surface area (Å²) in [5, 5.41) is 0.296. The number of hydrogen-bond acceptors (Lipinski definition) is 7. The predicted molar refractivity (Wildman–Crippen MR) is 121 cm³/mol. The van der Waals surface area contributed by atoms with E-state index >= 15 is 0 Å². The minimum Gasteiger partial charge on any atom is -0.459 e. The summed E-state index contributed by atoms with van der Waals surface area (Å²) in [6.45, 7) is 5.29. The van der Waals surface area contributed by atoms with E-state index in [-0.39, 0.29) is 36.5 Å². The molecule has 0 saturated carbocycles. The molecule has 0 spiro atoms. The van der Waals surface area contributed by atoms with E-state index in [1.807, 2.05) is 0 Å². The average Bonchev–Trinajstić information content (AvgIpc) is 3.15. The molecule has 0 unspecified atom stereocenters. The highest BCUT2D eigenvalue weighted by Crippen LogP contribution is 2.39. The summed E-state index contributed by atoms with van der Waals surface area (Å²) in [4.78, 5) is 17.5. The van der Waals surface area contributed by atoms with Gasteiger partial charge in [-0.25, -0.2) is 22.2 Å². The third-order valence-electron chi connectivity index (χ3n) is 5.42. The van der Waals surface area contributed by atoms with Gasteiger partial charge >= 0.3 is 5.97 Å². The van der Waals surface area contributed by atoms with Gasteiger partial charge in [0.2, 0.25) is 0 Å². The van der Waals surface area contributed by atoms with Crippen molar-refractivity contribution < 1.29 is 31.5 Å². The zero-order valence-electron chi connectivity index (χ0n) is 18.4. The molecule has 1 aliphatic heterocycles. The van der Waals surface area contributed by atoms with Crippen molar-refractivity contribution in [1.82, 2.24) is 4.98 Å². The van der Waals surface area contributed by atoms with Crippen LogP contribution in [0.25, 0.3) is 20.8 Å². The standard InChI is InChI=1S/C23H23F2NO5S2/c1-22(2,3)31-21(27)23(8-10-30-11-9-23)33(28,29)15-5-7-18-19(13-15)32-20(26-18)16-6-4-14(24)12-17(16)25/h4-7,12-13H,8-11H2,1-3H3. The topological polar surface area (TPSA) is 82.6 Å². The van der Waals surface area contributed by atoms with Crippen molar-refractivity contribution in [2.24, 2.45) is 0 Å². The minimum absolute atomic E-state index is 0.0169. The van der Waals surface area contributed by atoms with Gasteiger partial charge in [0.1, 0.15) is 22.2 Å². The fourth-order valence-corrected chi connectivity index (χ4v) is 6.77. The lowest BCUT2D eigenvalue weighted by atomic mass is 9.99. The molecule has 2 aromatic carbocycles. The quantitative estimate of drug-likeness (QED) is 0.479. The van der Waals surface area contributed by atoms with E-state index in [0.717, 1.165) is 23.5 Å². The van der Waals surface area contributed by atoms with Gasteiger partial charge in [-0.2, -0.15) is 0 Å². The molecule has 176 valence electrons. The van der Waals surface area contributed by atoms with Crippen LogP contribution in [-0.2, 0) is 24.1 Å². The summed E-state index contributed by atoms with van der Waals surface area (Å²) in [6.07, 6.45) is -0.0337. The summed E-state index contributed by atoms with van der Waals surface area (Å²) < 4.78 is 64.6. The van der Waals surface area contributed by atoms with Crippen LogP contribution in [0.5, 0.6) is 0 Å². The van der Waals surface area contributed by atoms with Crippen LogP contribution in [0.4, 0.5) is 8.78 Å². The van der Waals surface area contributed by atoms with Gasteiger partial charge in [-0.05, 0) is 51.1 Å². The highest BCUT2D eigenvalue weighted by atomic mass is 32.2. The second kappa shape index (κ2) is 8.41. The van der Waals surface area contributed by atoms with Crippen LogP contribution in [-0.4, -0.2) is 42.9 Å². The highest BCUT2D eigenvalue weighted by molar-refractivity contribution is 7.93. The maximum atomic E-state index is 14.2. The number of hydrogen-bond donors (Lipinski definition) is 0. The summed E-state index contributed by atoms with van der Waals surface area (Å²) in [7, 11) is -4.16. The van der Waals surface area contributed by atoms with Gasteiger partial charge in [0.25, 0.3) is 0 Å². The first kappa shape index (κ1) is 23.7. The lowest BCUT2D eigenvalue weighted by Gasteiger charge is -2.36. The number of fused-ring (bicyclic) bond motifs is 1. The normalized spacial score (nSPS) is 16.6. The predicted octanol–water partition coefficient (Wildman–Crippen LogP) is 4.91. The molecule has 2 heterocycles. The Balaban J connectivity index is 1.78.